The third-order valence-corrected chi connectivity index (χ3v) is 4.64. The van der Waals surface area contributed by atoms with Crippen LogP contribution < -0.4 is 0 Å². The summed E-state index contributed by atoms with van der Waals surface area (Å²) >= 11 is 0. The average molecular weight is 407 g/mol. The normalized spacial score (nSPS) is 20.0. The van der Waals surface area contributed by atoms with Crippen LogP contribution in [0, 0.1) is 0 Å². The van der Waals surface area contributed by atoms with Gasteiger partial charge in [-0.25, -0.2) is 9.59 Å². The quantitative estimate of drug-likeness (QED) is 0.654. The number of benzene rings is 1. The fourth-order valence-electron chi connectivity index (χ4n) is 3.56. The van der Waals surface area contributed by atoms with E-state index in [9.17, 15) is 9.59 Å². The van der Waals surface area contributed by atoms with E-state index >= 15 is 0 Å². The minimum Gasteiger partial charge on any atom is -0.445 e. The maximum Gasteiger partial charge on any atom is 0.410 e. The van der Waals surface area contributed by atoms with Crippen molar-refractivity contribution < 1.29 is 19.1 Å². The van der Waals surface area contributed by atoms with Gasteiger partial charge in [0.2, 0.25) is 0 Å². The molecule has 2 unspecified atom stereocenters. The van der Waals surface area contributed by atoms with Gasteiger partial charge in [0.15, 0.2) is 0 Å². The number of ether oxygens (including phenoxy) is 2. The van der Waals surface area contributed by atoms with Gasteiger partial charge in [0.25, 0.3) is 0 Å². The number of hydrogen-bond acceptors (Lipinski definition) is 4. The Kier molecular flexibility index (Phi) is 9.99. The van der Waals surface area contributed by atoms with Crippen LogP contribution >= 0.6 is 0 Å². The van der Waals surface area contributed by atoms with Crippen LogP contribution in [0.25, 0.3) is 0 Å². The zero-order chi connectivity index (χ0) is 22.0. The van der Waals surface area contributed by atoms with Crippen LogP contribution in [0.4, 0.5) is 9.59 Å². The van der Waals surface area contributed by atoms with Gasteiger partial charge >= 0.3 is 12.2 Å². The molecule has 0 bridgehead atoms. The molecule has 0 aliphatic carbocycles. The van der Waals surface area contributed by atoms with Crippen molar-refractivity contribution in [3.05, 3.63) is 35.9 Å². The lowest BCUT2D eigenvalue weighted by Gasteiger charge is -2.28. The Morgan fingerprint density at radius 1 is 0.897 bits per heavy atom. The summed E-state index contributed by atoms with van der Waals surface area (Å²) in [4.78, 5) is 28.3. The summed E-state index contributed by atoms with van der Waals surface area (Å²) in [5, 5.41) is 0. The fraction of sp³-hybridized carbons (Fsp3) is 0.652. The monoisotopic (exact) mass is 406 g/mol. The van der Waals surface area contributed by atoms with Crippen LogP contribution in [-0.2, 0) is 16.1 Å². The summed E-state index contributed by atoms with van der Waals surface area (Å²) in [5.41, 5.74) is 0.454. The number of carbonyl (C=O) groups is 2. The Hall–Kier alpha value is -2.24. The van der Waals surface area contributed by atoms with Crippen molar-refractivity contribution in [1.82, 2.24) is 9.80 Å². The van der Waals surface area contributed by atoms with Crippen LogP contribution in [-0.4, -0.2) is 52.8 Å². The molecule has 6 nitrogen and oxygen atoms in total. The van der Waals surface area contributed by atoms with E-state index in [4.69, 9.17) is 9.47 Å². The van der Waals surface area contributed by atoms with Gasteiger partial charge in [-0.1, -0.05) is 58.0 Å². The minimum atomic E-state index is -0.512. The van der Waals surface area contributed by atoms with E-state index in [2.05, 4.69) is 0 Å². The van der Waals surface area contributed by atoms with Crippen molar-refractivity contribution in [3.63, 3.8) is 0 Å². The highest BCUT2D eigenvalue weighted by Gasteiger charge is 2.47. The molecular formula is C23H38N2O4. The molecule has 2 aliphatic rings. The van der Waals surface area contributed by atoms with Crippen LogP contribution in [0.3, 0.4) is 0 Å². The van der Waals surface area contributed by atoms with Gasteiger partial charge in [-0.3, -0.25) is 0 Å². The topological polar surface area (TPSA) is 59.1 Å². The first-order valence-corrected chi connectivity index (χ1v) is 10.8. The van der Waals surface area contributed by atoms with E-state index in [1.54, 1.807) is 9.80 Å². The molecular weight excluding hydrogens is 368 g/mol. The first-order chi connectivity index (χ1) is 13.8. The third kappa shape index (κ3) is 6.94. The molecule has 6 heteroatoms. The van der Waals surface area contributed by atoms with E-state index in [0.717, 1.165) is 18.4 Å². The van der Waals surface area contributed by atoms with Crippen molar-refractivity contribution in [1.29, 1.82) is 0 Å². The van der Waals surface area contributed by atoms with Crippen molar-refractivity contribution in [2.24, 2.45) is 0 Å². The van der Waals surface area contributed by atoms with E-state index < -0.39 is 5.60 Å². The molecule has 2 fully saturated rings. The van der Waals surface area contributed by atoms with Gasteiger partial charge in [0.1, 0.15) is 12.2 Å². The maximum absolute atomic E-state index is 12.4. The Bertz CT molecular complexity index is 628. The Morgan fingerprint density at radius 3 is 1.86 bits per heavy atom. The molecule has 164 valence electrons. The molecule has 1 aromatic rings. The van der Waals surface area contributed by atoms with Crippen molar-refractivity contribution in [2.45, 2.75) is 85.6 Å². The van der Waals surface area contributed by atoms with Gasteiger partial charge in [-0.15, -0.1) is 0 Å². The first kappa shape index (κ1) is 24.8. The zero-order valence-corrected chi connectivity index (χ0v) is 19.1. The van der Waals surface area contributed by atoms with Crippen molar-refractivity contribution >= 4 is 12.2 Å². The van der Waals surface area contributed by atoms with Crippen LogP contribution in [0.5, 0.6) is 0 Å². The molecule has 0 saturated carbocycles. The summed E-state index contributed by atoms with van der Waals surface area (Å²) in [7, 11) is 0. The summed E-state index contributed by atoms with van der Waals surface area (Å²) in [6, 6.07) is 9.69. The summed E-state index contributed by atoms with van der Waals surface area (Å²) in [5.74, 6) is 0. The van der Waals surface area contributed by atoms with Crippen molar-refractivity contribution in [3.8, 4) is 0 Å². The number of likely N-dealkylation sites (tertiary alicyclic amines) is 2. The van der Waals surface area contributed by atoms with E-state index in [-0.39, 0.29) is 30.9 Å². The molecule has 2 aliphatic heterocycles. The highest BCUT2D eigenvalue weighted by atomic mass is 16.6. The highest BCUT2D eigenvalue weighted by molar-refractivity contribution is 5.71. The summed E-state index contributed by atoms with van der Waals surface area (Å²) in [6.07, 6.45) is 0.941. The second-order valence-electron chi connectivity index (χ2n) is 7.62. The van der Waals surface area contributed by atoms with E-state index in [1.807, 2.05) is 78.8 Å². The van der Waals surface area contributed by atoms with E-state index in [1.165, 1.54) is 0 Å². The number of nitrogens with zero attached hydrogens (tertiary/aromatic N) is 2. The second kappa shape index (κ2) is 11.7. The third-order valence-electron chi connectivity index (χ3n) is 4.64. The Balaban J connectivity index is 0.000000989. The minimum absolute atomic E-state index is 0.0239. The van der Waals surface area contributed by atoms with Crippen LogP contribution in [0.2, 0.25) is 0 Å². The van der Waals surface area contributed by atoms with Crippen LogP contribution in [0.15, 0.2) is 30.3 Å². The van der Waals surface area contributed by atoms with Gasteiger partial charge in [-0.05, 0) is 39.2 Å². The lowest BCUT2D eigenvalue weighted by atomic mass is 10.1. The van der Waals surface area contributed by atoms with Gasteiger partial charge in [0.05, 0.1) is 12.1 Å². The molecule has 2 saturated heterocycles. The van der Waals surface area contributed by atoms with Crippen LogP contribution in [0.1, 0.15) is 66.9 Å². The van der Waals surface area contributed by atoms with Gasteiger partial charge in [-0.2, -0.15) is 0 Å². The maximum atomic E-state index is 12.4. The Morgan fingerprint density at radius 2 is 1.38 bits per heavy atom. The highest BCUT2D eigenvalue weighted by Crippen LogP contribution is 2.33. The average Bonchev–Trinajstić information content (AvgIpc) is 3.31. The van der Waals surface area contributed by atoms with Crippen molar-refractivity contribution in [2.75, 3.05) is 13.1 Å². The molecule has 1 aromatic carbocycles. The largest absolute Gasteiger partial charge is 0.445 e. The predicted octanol–water partition coefficient (Wildman–Crippen LogP) is 5.46. The summed E-state index contributed by atoms with van der Waals surface area (Å²) < 4.78 is 10.9. The molecule has 0 aromatic heterocycles. The molecule has 0 N–H and O–H groups in total. The number of hydrogen-bond donors (Lipinski definition) is 0. The second-order valence-corrected chi connectivity index (χ2v) is 7.62. The zero-order valence-electron chi connectivity index (χ0n) is 19.1. The lowest BCUT2D eigenvalue weighted by Crippen LogP contribution is -2.43. The van der Waals surface area contributed by atoms with E-state index in [0.29, 0.717) is 13.1 Å². The molecule has 2 atom stereocenters. The SMILES string of the molecule is CC.CC.CC(C)(C)OC(=O)N1CCC2C1CCN2C(=O)OCc1ccccc1. The molecule has 2 heterocycles. The van der Waals surface area contributed by atoms with Gasteiger partial charge < -0.3 is 19.3 Å². The standard InChI is InChI=1S/C19H26N2O4.2C2H6/c1-19(2,3)25-18(23)21-12-10-15-16(21)9-11-20(15)17(22)24-13-14-7-5-4-6-8-14;2*1-2/h4-8,15-16H,9-13H2,1-3H3;2*1-2H3. The smallest absolute Gasteiger partial charge is 0.410 e. The number of rotatable bonds is 2. The predicted molar refractivity (Wildman–Crippen MR) is 116 cm³/mol. The molecule has 0 radical (unpaired) electrons. The summed E-state index contributed by atoms with van der Waals surface area (Å²) in [6.45, 7) is 15.1. The molecule has 3 rings (SSSR count). The Labute approximate surface area is 176 Å². The fourth-order valence-corrected chi connectivity index (χ4v) is 3.56. The molecule has 2 amide bonds. The lowest BCUT2D eigenvalue weighted by molar-refractivity contribution is 0.0220. The number of fused-ring (bicyclic) bond motifs is 1. The number of amides is 2. The van der Waals surface area contributed by atoms with Gasteiger partial charge in [0, 0.05) is 13.1 Å². The first-order valence-electron chi connectivity index (χ1n) is 10.8. The molecule has 29 heavy (non-hydrogen) atoms. The molecule has 0 spiro atoms. The number of carbonyl (C=O) groups excluding carboxylic acids is 2.